The van der Waals surface area contributed by atoms with E-state index in [1.807, 2.05) is 30.3 Å². The molecule has 0 aromatic heterocycles. The lowest BCUT2D eigenvalue weighted by atomic mass is 10.0. The minimum atomic E-state index is -0.711. The molecule has 0 saturated carbocycles. The van der Waals surface area contributed by atoms with Crippen LogP contribution in [0.1, 0.15) is 10.4 Å². The van der Waals surface area contributed by atoms with Crippen molar-refractivity contribution in [3.63, 3.8) is 0 Å². The van der Waals surface area contributed by atoms with Crippen molar-refractivity contribution in [2.45, 2.75) is 0 Å². The number of amides is 2. The highest BCUT2D eigenvalue weighted by atomic mass is 35.5. The summed E-state index contributed by atoms with van der Waals surface area (Å²) in [5, 5.41) is 6.42. The van der Waals surface area contributed by atoms with E-state index >= 15 is 0 Å². The van der Waals surface area contributed by atoms with Gasteiger partial charge in [-0.15, -0.1) is 0 Å². The Morgan fingerprint density at radius 1 is 1.00 bits per heavy atom. The van der Waals surface area contributed by atoms with Crippen LogP contribution in [0.5, 0.6) is 0 Å². The first-order chi connectivity index (χ1) is 13.0. The summed E-state index contributed by atoms with van der Waals surface area (Å²) in [5.41, 5.74) is 4.10. The number of benzene rings is 2. The lowest BCUT2D eigenvalue weighted by Gasteiger charge is -2.13. The van der Waals surface area contributed by atoms with Gasteiger partial charge in [-0.2, -0.15) is 5.10 Å². The van der Waals surface area contributed by atoms with Crippen LogP contribution in [0.3, 0.4) is 0 Å². The van der Waals surface area contributed by atoms with Gasteiger partial charge in [0, 0.05) is 23.6 Å². The maximum absolute atomic E-state index is 12.5. The van der Waals surface area contributed by atoms with Crippen LogP contribution in [0.4, 0.5) is 0 Å². The van der Waals surface area contributed by atoms with Gasteiger partial charge in [0.05, 0.1) is 20.6 Å². The van der Waals surface area contributed by atoms with Gasteiger partial charge in [-0.25, -0.2) is 0 Å². The number of carbonyl (C=O) groups is 2. The zero-order chi connectivity index (χ0) is 19.4. The number of nitrogens with one attached hydrogen (secondary N) is 2. The second-order valence-electron chi connectivity index (χ2n) is 5.42. The Bertz CT molecular complexity index is 999. The molecule has 0 atom stereocenters. The molecule has 0 saturated heterocycles. The molecule has 1 aliphatic rings. The molecule has 27 heavy (non-hydrogen) atoms. The van der Waals surface area contributed by atoms with E-state index in [9.17, 15) is 9.59 Å². The Morgan fingerprint density at radius 2 is 1.74 bits per heavy atom. The van der Waals surface area contributed by atoms with Crippen molar-refractivity contribution in [1.29, 1.82) is 0 Å². The van der Waals surface area contributed by atoms with Crippen LogP contribution >= 0.6 is 34.8 Å². The number of nitrogens with zero attached hydrogens (tertiary/aromatic N) is 1. The molecule has 0 bridgehead atoms. The smallest absolute Gasteiger partial charge is 0.259 e. The first kappa shape index (κ1) is 19.2. The second kappa shape index (κ2) is 8.39. The molecule has 2 aromatic rings. The molecule has 2 amide bonds. The summed E-state index contributed by atoms with van der Waals surface area (Å²) in [7, 11) is 0. The quantitative estimate of drug-likeness (QED) is 0.563. The summed E-state index contributed by atoms with van der Waals surface area (Å²) in [5.74, 6) is -1.32. The van der Waals surface area contributed by atoms with Crippen molar-refractivity contribution in [2.75, 3.05) is 0 Å². The molecule has 8 heteroatoms. The van der Waals surface area contributed by atoms with E-state index in [0.29, 0.717) is 5.56 Å². The van der Waals surface area contributed by atoms with E-state index in [2.05, 4.69) is 15.8 Å². The predicted molar refractivity (Wildman–Crippen MR) is 108 cm³/mol. The van der Waals surface area contributed by atoms with Crippen LogP contribution < -0.4 is 10.7 Å². The molecule has 1 aliphatic heterocycles. The summed E-state index contributed by atoms with van der Waals surface area (Å²) in [6.07, 6.45) is 5.80. The number of allylic oxidation sites excluding steroid dienone is 1. The van der Waals surface area contributed by atoms with Gasteiger partial charge >= 0.3 is 0 Å². The molecule has 0 fully saturated rings. The Hall–Kier alpha value is -2.60. The molecule has 0 spiro atoms. The third-order valence-corrected chi connectivity index (χ3v) is 4.86. The summed E-state index contributed by atoms with van der Waals surface area (Å²) in [6, 6.07) is 10.6. The summed E-state index contributed by atoms with van der Waals surface area (Å²) in [6.45, 7) is 0. The average molecular weight is 421 g/mol. The van der Waals surface area contributed by atoms with Crippen LogP contribution in [-0.2, 0) is 4.79 Å². The summed E-state index contributed by atoms with van der Waals surface area (Å²) < 4.78 is 0. The number of carbonyl (C=O) groups excluding carboxylic acids is 2. The van der Waals surface area contributed by atoms with Crippen molar-refractivity contribution < 1.29 is 9.59 Å². The number of hydrogen-bond acceptors (Lipinski definition) is 4. The van der Waals surface area contributed by atoms with Gasteiger partial charge in [0.2, 0.25) is 0 Å². The van der Waals surface area contributed by atoms with Crippen LogP contribution in [0, 0.1) is 0 Å². The number of imide groups is 1. The Labute approximate surface area is 170 Å². The van der Waals surface area contributed by atoms with Gasteiger partial charge in [-0.1, -0.05) is 65.1 Å². The maximum atomic E-state index is 12.5. The molecule has 3 rings (SSSR count). The number of rotatable bonds is 3. The zero-order valence-corrected chi connectivity index (χ0v) is 15.9. The first-order valence-electron chi connectivity index (χ1n) is 7.73. The highest BCUT2D eigenvalue weighted by Crippen LogP contribution is 2.41. The standard InChI is InChI=1S/C19H12Cl3N3O2/c20-14-10-13(16(21)17(22)15(14)11-4-2-1-3-5-11)19(27)25-18(26)12-6-8-23-24-9-7-12/h1-10,23H,(H,25,26,27). The van der Waals surface area contributed by atoms with E-state index in [0.717, 1.165) is 5.56 Å². The fourth-order valence-corrected chi connectivity index (χ4v) is 3.32. The van der Waals surface area contributed by atoms with Crippen molar-refractivity contribution in [3.8, 4) is 11.1 Å². The molecular formula is C19H12Cl3N3O2. The SMILES string of the molecule is O=C(NC(=O)c1cc(Cl)c(-c2ccccc2)c(Cl)c1Cl)C1=CC=NNC=C1. The maximum Gasteiger partial charge on any atom is 0.259 e. The lowest BCUT2D eigenvalue weighted by Crippen LogP contribution is -2.31. The van der Waals surface area contributed by atoms with Gasteiger partial charge in [0.25, 0.3) is 11.8 Å². The number of hydrazone groups is 1. The number of halogens is 3. The largest absolute Gasteiger partial charge is 0.288 e. The van der Waals surface area contributed by atoms with E-state index in [-0.39, 0.29) is 26.2 Å². The normalized spacial score (nSPS) is 12.8. The highest BCUT2D eigenvalue weighted by molar-refractivity contribution is 6.48. The molecule has 1 heterocycles. The molecule has 0 radical (unpaired) electrons. The van der Waals surface area contributed by atoms with Crippen LogP contribution in [-0.4, -0.2) is 18.0 Å². The molecule has 136 valence electrons. The van der Waals surface area contributed by atoms with Crippen molar-refractivity contribution in [3.05, 3.63) is 81.0 Å². The van der Waals surface area contributed by atoms with E-state index in [1.54, 1.807) is 0 Å². The molecule has 0 unspecified atom stereocenters. The minimum absolute atomic E-state index is 0.00434. The number of hydrogen-bond donors (Lipinski definition) is 2. The lowest BCUT2D eigenvalue weighted by molar-refractivity contribution is -0.116. The molecule has 0 aliphatic carbocycles. The first-order valence-corrected chi connectivity index (χ1v) is 8.86. The summed E-state index contributed by atoms with van der Waals surface area (Å²) >= 11 is 19.0. The van der Waals surface area contributed by atoms with Gasteiger partial charge in [-0.05, 0) is 23.8 Å². The third-order valence-electron chi connectivity index (χ3n) is 3.70. The molecule has 5 nitrogen and oxygen atoms in total. The van der Waals surface area contributed by atoms with Gasteiger partial charge in [-0.3, -0.25) is 20.3 Å². The molecular weight excluding hydrogens is 409 g/mol. The van der Waals surface area contributed by atoms with E-state index < -0.39 is 11.8 Å². The Morgan fingerprint density at radius 3 is 2.48 bits per heavy atom. The molecule has 2 N–H and O–H groups in total. The molecule has 2 aromatic carbocycles. The average Bonchev–Trinajstić information content (AvgIpc) is 2.95. The topological polar surface area (TPSA) is 70.6 Å². The highest BCUT2D eigenvalue weighted by Gasteiger charge is 2.22. The Kier molecular flexibility index (Phi) is 5.96. The van der Waals surface area contributed by atoms with Crippen LogP contribution in [0.2, 0.25) is 15.1 Å². The fraction of sp³-hybridized carbons (Fsp3) is 0. The third kappa shape index (κ3) is 4.22. The summed E-state index contributed by atoms with van der Waals surface area (Å²) in [4.78, 5) is 24.8. The zero-order valence-electron chi connectivity index (χ0n) is 13.7. The van der Waals surface area contributed by atoms with E-state index in [4.69, 9.17) is 34.8 Å². The van der Waals surface area contributed by atoms with Gasteiger partial charge < -0.3 is 0 Å². The van der Waals surface area contributed by atoms with Crippen LogP contribution in [0.15, 0.2) is 65.4 Å². The van der Waals surface area contributed by atoms with Crippen molar-refractivity contribution in [1.82, 2.24) is 10.7 Å². The van der Waals surface area contributed by atoms with Gasteiger partial charge in [0.15, 0.2) is 0 Å². The van der Waals surface area contributed by atoms with E-state index in [1.165, 1.54) is 30.6 Å². The minimum Gasteiger partial charge on any atom is -0.288 e. The second-order valence-corrected chi connectivity index (χ2v) is 6.58. The predicted octanol–water partition coefficient (Wildman–Crippen LogP) is 4.60. The van der Waals surface area contributed by atoms with Crippen LogP contribution in [0.25, 0.3) is 11.1 Å². The van der Waals surface area contributed by atoms with Gasteiger partial charge in [0.1, 0.15) is 0 Å². The fourth-order valence-electron chi connectivity index (χ4n) is 2.41. The van der Waals surface area contributed by atoms with Crippen molar-refractivity contribution in [2.24, 2.45) is 5.10 Å². The Balaban J connectivity index is 1.91. The monoisotopic (exact) mass is 419 g/mol. The van der Waals surface area contributed by atoms with Crippen molar-refractivity contribution >= 4 is 52.8 Å².